The molecule has 0 saturated carbocycles. The molecule has 2 atom stereocenters. The summed E-state index contributed by atoms with van der Waals surface area (Å²) >= 11 is 0. The molecule has 1 aromatic rings. The third-order valence-electron chi connectivity index (χ3n) is 3.91. The van der Waals surface area contributed by atoms with Gasteiger partial charge in [-0.15, -0.1) is 0 Å². The average Bonchev–Trinajstić information content (AvgIpc) is 2.83. The van der Waals surface area contributed by atoms with E-state index in [0.29, 0.717) is 4.31 Å². The van der Waals surface area contributed by atoms with Crippen molar-refractivity contribution in [1.29, 1.82) is 0 Å². The number of carboxylic acid groups (broad SMARTS) is 1. The van der Waals surface area contributed by atoms with Crippen LogP contribution in [0.2, 0.25) is 0 Å². The summed E-state index contributed by atoms with van der Waals surface area (Å²) in [5.41, 5.74) is 0. The molecule has 10 nitrogen and oxygen atoms in total. The van der Waals surface area contributed by atoms with Crippen molar-refractivity contribution in [2.24, 2.45) is 0 Å². The van der Waals surface area contributed by atoms with Crippen LogP contribution in [0.15, 0.2) is 23.1 Å². The van der Waals surface area contributed by atoms with Crippen molar-refractivity contribution in [3.63, 3.8) is 0 Å². The maximum atomic E-state index is 13.1. The number of aliphatic hydroxyl groups excluding tert-OH is 1. The normalized spacial score (nSPS) is 22.3. The number of ether oxygens (including phenoxy) is 2. The van der Waals surface area contributed by atoms with E-state index in [1.807, 2.05) is 0 Å². The lowest BCUT2D eigenvalue weighted by molar-refractivity contribution is -0.137. The first-order chi connectivity index (χ1) is 12.0. The van der Waals surface area contributed by atoms with Gasteiger partial charge in [0.05, 0.1) is 37.9 Å². The molecule has 146 valence electrons. The Bertz CT molecular complexity index is 895. The number of benzene rings is 1. The number of methoxy groups -OCH3 is 2. The van der Waals surface area contributed by atoms with Crippen molar-refractivity contribution in [2.75, 3.05) is 32.3 Å². The van der Waals surface area contributed by atoms with Crippen molar-refractivity contribution in [2.45, 2.75) is 17.0 Å². The molecule has 1 saturated heterocycles. The van der Waals surface area contributed by atoms with Crippen molar-refractivity contribution in [3.05, 3.63) is 18.2 Å². The first kappa shape index (κ1) is 20.4. The SMILES string of the molecule is COc1ccc(OC)c(S(=O)(=O)N(CC(=O)O)[C@@H]2CS(=O)(=O)C[C@H]2O)c1. The molecule has 0 amide bonds. The highest BCUT2D eigenvalue weighted by molar-refractivity contribution is 7.92. The standard InChI is InChI=1S/C14H19NO9S2/c1-23-9-3-4-12(24-2)13(5-9)26(21,22)15(6-14(17)18)10-7-25(19,20)8-11(10)16/h3-5,10-11,16H,6-8H2,1-2H3,(H,17,18)/t10-,11-/m1/s1. The number of carboxylic acids is 1. The first-order valence-electron chi connectivity index (χ1n) is 7.36. The highest BCUT2D eigenvalue weighted by atomic mass is 32.2. The largest absolute Gasteiger partial charge is 0.497 e. The van der Waals surface area contributed by atoms with E-state index in [9.17, 15) is 26.7 Å². The van der Waals surface area contributed by atoms with Crippen LogP contribution in [0, 0.1) is 0 Å². The summed E-state index contributed by atoms with van der Waals surface area (Å²) in [6, 6.07) is 2.50. The molecule has 12 heteroatoms. The third-order valence-corrected chi connectivity index (χ3v) is 7.50. The highest BCUT2D eigenvalue weighted by Crippen LogP contribution is 2.33. The molecule has 1 fully saturated rings. The van der Waals surface area contributed by atoms with Gasteiger partial charge in [-0.1, -0.05) is 0 Å². The predicted octanol–water partition coefficient (Wildman–Crippen LogP) is -1.06. The summed E-state index contributed by atoms with van der Waals surface area (Å²) in [6.45, 7) is -1.01. The van der Waals surface area contributed by atoms with E-state index >= 15 is 0 Å². The number of sulfonamides is 1. The zero-order chi connectivity index (χ0) is 19.7. The smallest absolute Gasteiger partial charge is 0.318 e. The van der Waals surface area contributed by atoms with Gasteiger partial charge in [-0.3, -0.25) is 4.79 Å². The predicted molar refractivity (Wildman–Crippen MR) is 89.5 cm³/mol. The van der Waals surface area contributed by atoms with E-state index in [-0.39, 0.29) is 11.5 Å². The van der Waals surface area contributed by atoms with Crippen molar-refractivity contribution < 1.29 is 41.3 Å². The molecule has 0 spiro atoms. The van der Waals surface area contributed by atoms with Crippen LogP contribution in [-0.2, 0) is 24.7 Å². The van der Waals surface area contributed by atoms with Gasteiger partial charge in [0.2, 0.25) is 10.0 Å². The Morgan fingerprint density at radius 1 is 1.27 bits per heavy atom. The zero-order valence-electron chi connectivity index (χ0n) is 14.0. The number of carbonyl (C=O) groups is 1. The Morgan fingerprint density at radius 2 is 1.92 bits per heavy atom. The van der Waals surface area contributed by atoms with Gasteiger partial charge < -0.3 is 19.7 Å². The molecule has 1 aromatic carbocycles. The van der Waals surface area contributed by atoms with E-state index in [1.165, 1.54) is 26.4 Å². The number of rotatable bonds is 7. The van der Waals surface area contributed by atoms with Crippen LogP contribution in [-0.4, -0.2) is 81.7 Å². The Hall–Kier alpha value is -1.89. The van der Waals surface area contributed by atoms with Crippen LogP contribution in [0.5, 0.6) is 11.5 Å². The topological polar surface area (TPSA) is 148 Å². The Balaban J connectivity index is 2.59. The molecule has 2 rings (SSSR count). The Morgan fingerprint density at radius 3 is 2.38 bits per heavy atom. The van der Waals surface area contributed by atoms with Crippen LogP contribution in [0.25, 0.3) is 0 Å². The Kier molecular flexibility index (Phi) is 5.80. The van der Waals surface area contributed by atoms with Crippen molar-refractivity contribution >= 4 is 25.8 Å². The van der Waals surface area contributed by atoms with Gasteiger partial charge in [0, 0.05) is 6.07 Å². The molecule has 1 aliphatic heterocycles. The number of sulfone groups is 1. The van der Waals surface area contributed by atoms with Crippen molar-refractivity contribution in [1.82, 2.24) is 4.31 Å². The fraction of sp³-hybridized carbons (Fsp3) is 0.500. The fourth-order valence-corrected chi connectivity index (χ4v) is 6.38. The van der Waals surface area contributed by atoms with Gasteiger partial charge in [0.15, 0.2) is 9.84 Å². The monoisotopic (exact) mass is 409 g/mol. The molecule has 0 aromatic heterocycles. The molecular formula is C14H19NO9S2. The Labute approximate surface area is 150 Å². The summed E-state index contributed by atoms with van der Waals surface area (Å²) in [4.78, 5) is 10.8. The van der Waals surface area contributed by atoms with Gasteiger partial charge >= 0.3 is 5.97 Å². The van der Waals surface area contributed by atoms with Crippen LogP contribution in [0.3, 0.4) is 0 Å². The maximum Gasteiger partial charge on any atom is 0.318 e. The minimum atomic E-state index is -4.51. The molecule has 2 N–H and O–H groups in total. The van der Waals surface area contributed by atoms with Gasteiger partial charge in [-0.2, -0.15) is 4.31 Å². The second-order valence-corrected chi connectivity index (χ2v) is 9.69. The molecule has 26 heavy (non-hydrogen) atoms. The van der Waals surface area contributed by atoms with Gasteiger partial charge in [-0.05, 0) is 12.1 Å². The van der Waals surface area contributed by atoms with E-state index in [1.54, 1.807) is 0 Å². The molecular weight excluding hydrogens is 390 g/mol. The number of hydrogen-bond donors (Lipinski definition) is 2. The second-order valence-electron chi connectivity index (χ2n) is 5.67. The summed E-state index contributed by atoms with van der Waals surface area (Å²) in [5, 5.41) is 19.1. The first-order valence-corrected chi connectivity index (χ1v) is 10.6. The van der Waals surface area contributed by atoms with Gasteiger partial charge in [0.1, 0.15) is 22.9 Å². The van der Waals surface area contributed by atoms with Gasteiger partial charge in [0.25, 0.3) is 0 Å². The zero-order valence-corrected chi connectivity index (χ0v) is 15.7. The molecule has 0 aliphatic carbocycles. The number of hydrogen-bond acceptors (Lipinski definition) is 8. The lowest BCUT2D eigenvalue weighted by atomic mass is 10.2. The minimum Gasteiger partial charge on any atom is -0.497 e. The summed E-state index contributed by atoms with van der Waals surface area (Å²) in [7, 11) is -5.66. The molecule has 0 bridgehead atoms. The molecule has 1 heterocycles. The van der Waals surface area contributed by atoms with Crippen LogP contribution < -0.4 is 9.47 Å². The average molecular weight is 409 g/mol. The molecule has 0 radical (unpaired) electrons. The van der Waals surface area contributed by atoms with Crippen LogP contribution >= 0.6 is 0 Å². The number of nitrogens with zero attached hydrogens (tertiary/aromatic N) is 1. The number of aliphatic hydroxyl groups is 1. The van der Waals surface area contributed by atoms with Crippen LogP contribution in [0.1, 0.15) is 0 Å². The molecule has 0 unspecified atom stereocenters. The van der Waals surface area contributed by atoms with E-state index in [0.717, 1.165) is 6.07 Å². The number of aliphatic carboxylic acids is 1. The van der Waals surface area contributed by atoms with Gasteiger partial charge in [-0.25, -0.2) is 16.8 Å². The maximum absolute atomic E-state index is 13.1. The summed E-state index contributed by atoms with van der Waals surface area (Å²) in [6.07, 6.45) is -1.54. The van der Waals surface area contributed by atoms with E-state index in [4.69, 9.17) is 14.6 Å². The third kappa shape index (κ3) is 4.09. The van der Waals surface area contributed by atoms with E-state index < -0.39 is 60.9 Å². The van der Waals surface area contributed by atoms with Crippen LogP contribution in [0.4, 0.5) is 0 Å². The lowest BCUT2D eigenvalue weighted by Gasteiger charge is -2.28. The fourth-order valence-electron chi connectivity index (χ4n) is 2.71. The van der Waals surface area contributed by atoms with Crippen molar-refractivity contribution in [3.8, 4) is 11.5 Å². The minimum absolute atomic E-state index is 0.0727. The molecule has 1 aliphatic rings. The quantitative estimate of drug-likeness (QED) is 0.575. The second kappa shape index (κ2) is 7.39. The summed E-state index contributed by atoms with van der Waals surface area (Å²) in [5.74, 6) is -2.70. The van der Waals surface area contributed by atoms with E-state index in [2.05, 4.69) is 0 Å². The summed E-state index contributed by atoms with van der Waals surface area (Å²) < 4.78 is 60.2. The highest BCUT2D eigenvalue weighted by Gasteiger charge is 2.46. The lowest BCUT2D eigenvalue weighted by Crippen LogP contribution is -2.48.